The fraction of sp³-hybridized carbons (Fsp3) is 0.214. The standard InChI is InChI=1S/C14H14BrN5O3/c1-9-14(15)10(2)19(18-9)8-13(21)17-16-7-11-3-5-12(6-4-11)20(22)23/h3-7H,8H2,1-2H3,(H,17,21). The van der Waals surface area contributed by atoms with E-state index in [0.29, 0.717) is 5.56 Å². The highest BCUT2D eigenvalue weighted by molar-refractivity contribution is 9.10. The molecular formula is C14H14BrN5O3. The molecule has 0 aliphatic heterocycles. The summed E-state index contributed by atoms with van der Waals surface area (Å²) in [6, 6.07) is 5.84. The third-order valence-corrected chi connectivity index (χ3v) is 4.24. The van der Waals surface area contributed by atoms with Gasteiger partial charge in [0.15, 0.2) is 0 Å². The normalized spacial score (nSPS) is 10.9. The lowest BCUT2D eigenvalue weighted by atomic mass is 10.2. The number of amides is 1. The summed E-state index contributed by atoms with van der Waals surface area (Å²) in [4.78, 5) is 21.9. The highest BCUT2D eigenvalue weighted by Crippen LogP contribution is 2.19. The number of hydrazone groups is 1. The quantitative estimate of drug-likeness (QED) is 0.489. The molecule has 0 aliphatic rings. The van der Waals surface area contributed by atoms with Gasteiger partial charge in [-0.15, -0.1) is 0 Å². The summed E-state index contributed by atoms with van der Waals surface area (Å²) in [5, 5.41) is 18.6. The molecule has 0 unspecified atom stereocenters. The first-order valence-corrected chi connectivity index (χ1v) is 7.43. The first-order valence-electron chi connectivity index (χ1n) is 6.64. The van der Waals surface area contributed by atoms with Crippen LogP contribution in [0.5, 0.6) is 0 Å². The summed E-state index contributed by atoms with van der Waals surface area (Å²) >= 11 is 3.40. The van der Waals surface area contributed by atoms with E-state index < -0.39 is 4.92 Å². The Balaban J connectivity index is 1.93. The van der Waals surface area contributed by atoms with E-state index in [-0.39, 0.29) is 18.1 Å². The van der Waals surface area contributed by atoms with E-state index in [1.807, 2.05) is 13.8 Å². The third kappa shape index (κ3) is 4.22. The molecule has 9 heteroatoms. The predicted octanol–water partition coefficient (Wildman–Crippen LogP) is 2.32. The van der Waals surface area contributed by atoms with Crippen molar-refractivity contribution >= 4 is 33.7 Å². The van der Waals surface area contributed by atoms with Crippen molar-refractivity contribution in [2.45, 2.75) is 20.4 Å². The van der Waals surface area contributed by atoms with Crippen LogP contribution in [0.1, 0.15) is 17.0 Å². The molecule has 2 rings (SSSR count). The van der Waals surface area contributed by atoms with E-state index in [4.69, 9.17) is 0 Å². The van der Waals surface area contributed by atoms with E-state index >= 15 is 0 Å². The maximum absolute atomic E-state index is 11.8. The first kappa shape index (κ1) is 16.8. The molecular weight excluding hydrogens is 366 g/mol. The number of carbonyl (C=O) groups excluding carboxylic acids is 1. The summed E-state index contributed by atoms with van der Waals surface area (Å²) in [5.74, 6) is -0.318. The van der Waals surface area contributed by atoms with E-state index in [2.05, 4.69) is 31.6 Å². The van der Waals surface area contributed by atoms with Gasteiger partial charge in [0.05, 0.1) is 27.0 Å². The number of halogens is 1. The molecule has 1 aromatic heterocycles. The summed E-state index contributed by atoms with van der Waals surface area (Å²) in [5.41, 5.74) is 4.71. The molecule has 1 amide bonds. The SMILES string of the molecule is Cc1nn(CC(=O)NN=Cc2ccc([N+](=O)[O-])cc2)c(C)c1Br. The Morgan fingerprint density at radius 1 is 1.43 bits per heavy atom. The number of carbonyl (C=O) groups is 1. The van der Waals surface area contributed by atoms with Crippen molar-refractivity contribution in [3.05, 3.63) is 55.8 Å². The molecule has 0 atom stereocenters. The minimum Gasteiger partial charge on any atom is -0.271 e. The van der Waals surface area contributed by atoms with Crippen LogP contribution in [0, 0.1) is 24.0 Å². The zero-order valence-corrected chi connectivity index (χ0v) is 14.1. The fourth-order valence-corrected chi connectivity index (χ4v) is 2.15. The first-order chi connectivity index (χ1) is 10.9. The highest BCUT2D eigenvalue weighted by Gasteiger charge is 2.11. The second-order valence-corrected chi connectivity index (χ2v) is 5.58. The van der Waals surface area contributed by atoms with Crippen LogP contribution < -0.4 is 5.43 Å². The molecule has 0 radical (unpaired) electrons. The molecule has 0 spiro atoms. The van der Waals surface area contributed by atoms with Gasteiger partial charge < -0.3 is 0 Å². The average Bonchev–Trinajstić information content (AvgIpc) is 2.75. The van der Waals surface area contributed by atoms with Crippen molar-refractivity contribution in [2.75, 3.05) is 0 Å². The Labute approximate surface area is 140 Å². The molecule has 23 heavy (non-hydrogen) atoms. The Kier molecular flexibility index (Phi) is 5.22. The number of hydrogen-bond acceptors (Lipinski definition) is 5. The van der Waals surface area contributed by atoms with Crippen molar-refractivity contribution < 1.29 is 9.72 Å². The van der Waals surface area contributed by atoms with Crippen LogP contribution in [-0.4, -0.2) is 26.8 Å². The van der Waals surface area contributed by atoms with Crippen molar-refractivity contribution in [2.24, 2.45) is 5.10 Å². The van der Waals surface area contributed by atoms with Gasteiger partial charge in [-0.25, -0.2) is 5.43 Å². The fourth-order valence-electron chi connectivity index (χ4n) is 1.86. The number of aryl methyl sites for hydroxylation is 1. The molecule has 120 valence electrons. The molecule has 1 N–H and O–H groups in total. The number of nitrogens with one attached hydrogen (secondary N) is 1. The van der Waals surface area contributed by atoms with Crippen LogP contribution >= 0.6 is 15.9 Å². The van der Waals surface area contributed by atoms with Gasteiger partial charge in [-0.3, -0.25) is 19.6 Å². The maximum Gasteiger partial charge on any atom is 0.269 e. The van der Waals surface area contributed by atoms with Crippen LogP contribution in [0.4, 0.5) is 5.69 Å². The molecule has 1 aromatic carbocycles. The lowest BCUT2D eigenvalue weighted by Crippen LogP contribution is -2.24. The van der Waals surface area contributed by atoms with Gasteiger partial charge in [0.2, 0.25) is 0 Å². The van der Waals surface area contributed by atoms with Crippen LogP contribution in [0.2, 0.25) is 0 Å². The molecule has 2 aromatic rings. The number of nitro benzene ring substituents is 1. The van der Waals surface area contributed by atoms with E-state index in [9.17, 15) is 14.9 Å². The van der Waals surface area contributed by atoms with Crippen LogP contribution in [0.15, 0.2) is 33.8 Å². The third-order valence-electron chi connectivity index (χ3n) is 3.09. The minimum atomic E-state index is -0.477. The molecule has 0 aliphatic carbocycles. The van der Waals surface area contributed by atoms with Gasteiger partial charge in [-0.05, 0) is 47.5 Å². The zero-order chi connectivity index (χ0) is 17.0. The Morgan fingerprint density at radius 3 is 2.61 bits per heavy atom. The van der Waals surface area contributed by atoms with Gasteiger partial charge in [-0.1, -0.05) is 0 Å². The number of nitrogens with zero attached hydrogens (tertiary/aromatic N) is 4. The number of aromatic nitrogens is 2. The van der Waals surface area contributed by atoms with Crippen LogP contribution in [-0.2, 0) is 11.3 Å². The van der Waals surface area contributed by atoms with Crippen molar-refractivity contribution in [1.29, 1.82) is 0 Å². The second-order valence-electron chi connectivity index (χ2n) is 4.78. The molecule has 8 nitrogen and oxygen atoms in total. The minimum absolute atomic E-state index is 0.00119. The summed E-state index contributed by atoms with van der Waals surface area (Å²) in [7, 11) is 0. The average molecular weight is 380 g/mol. The van der Waals surface area contributed by atoms with Gasteiger partial charge in [-0.2, -0.15) is 10.2 Å². The maximum atomic E-state index is 11.8. The molecule has 0 saturated carbocycles. The largest absolute Gasteiger partial charge is 0.271 e. The molecule has 0 fully saturated rings. The lowest BCUT2D eigenvalue weighted by molar-refractivity contribution is -0.384. The van der Waals surface area contributed by atoms with Gasteiger partial charge >= 0.3 is 0 Å². The Bertz CT molecular complexity index is 767. The smallest absolute Gasteiger partial charge is 0.269 e. The zero-order valence-electron chi connectivity index (χ0n) is 12.5. The van der Waals surface area contributed by atoms with Gasteiger partial charge in [0.25, 0.3) is 11.6 Å². The Morgan fingerprint density at radius 2 is 2.09 bits per heavy atom. The Hall–Kier alpha value is -2.55. The van der Waals surface area contributed by atoms with Crippen molar-refractivity contribution in [1.82, 2.24) is 15.2 Å². The topological polar surface area (TPSA) is 102 Å². The number of non-ortho nitro benzene ring substituents is 1. The van der Waals surface area contributed by atoms with Gasteiger partial charge in [0, 0.05) is 12.1 Å². The molecule has 1 heterocycles. The highest BCUT2D eigenvalue weighted by atomic mass is 79.9. The van der Waals surface area contributed by atoms with E-state index in [1.165, 1.54) is 18.3 Å². The predicted molar refractivity (Wildman–Crippen MR) is 88.2 cm³/mol. The van der Waals surface area contributed by atoms with E-state index in [0.717, 1.165) is 15.9 Å². The van der Waals surface area contributed by atoms with E-state index in [1.54, 1.807) is 16.8 Å². The summed E-state index contributed by atoms with van der Waals surface area (Å²) in [6.45, 7) is 3.76. The van der Waals surface area contributed by atoms with Crippen LogP contribution in [0.3, 0.4) is 0 Å². The number of hydrogen-bond donors (Lipinski definition) is 1. The van der Waals surface area contributed by atoms with Gasteiger partial charge in [0.1, 0.15) is 6.54 Å². The monoisotopic (exact) mass is 379 g/mol. The van der Waals surface area contributed by atoms with Crippen molar-refractivity contribution in [3.8, 4) is 0 Å². The van der Waals surface area contributed by atoms with Crippen molar-refractivity contribution in [3.63, 3.8) is 0 Å². The molecule has 0 saturated heterocycles. The van der Waals surface area contributed by atoms with Crippen LogP contribution in [0.25, 0.3) is 0 Å². The number of nitro groups is 1. The number of rotatable bonds is 5. The molecule has 0 bridgehead atoms. The number of benzene rings is 1. The lowest BCUT2D eigenvalue weighted by Gasteiger charge is -2.03. The summed E-state index contributed by atoms with van der Waals surface area (Å²) in [6.07, 6.45) is 1.42. The second kappa shape index (κ2) is 7.14. The summed E-state index contributed by atoms with van der Waals surface area (Å²) < 4.78 is 2.45.